The van der Waals surface area contributed by atoms with Gasteiger partial charge in [-0.05, 0) is 12.1 Å². The van der Waals surface area contributed by atoms with E-state index in [4.69, 9.17) is 16.3 Å². The first-order valence-corrected chi connectivity index (χ1v) is 11.2. The van der Waals surface area contributed by atoms with Crippen LogP contribution in [-0.2, 0) is 14.3 Å². The summed E-state index contributed by atoms with van der Waals surface area (Å²) in [6, 6.07) is 1.03. The number of aliphatic imine (C=N–C) groups is 1. The average molecular weight is 515 g/mol. The van der Waals surface area contributed by atoms with E-state index < -0.39 is 48.7 Å². The van der Waals surface area contributed by atoms with E-state index in [2.05, 4.69) is 15.3 Å². The summed E-state index contributed by atoms with van der Waals surface area (Å²) in [4.78, 5) is 34.3. The van der Waals surface area contributed by atoms with E-state index in [1.807, 2.05) is 0 Å². The van der Waals surface area contributed by atoms with Crippen molar-refractivity contribution in [3.05, 3.63) is 62.5 Å². The van der Waals surface area contributed by atoms with Gasteiger partial charge in [0.15, 0.2) is 10.8 Å². The molecule has 1 fully saturated rings. The molecule has 4 rings (SSSR count). The monoisotopic (exact) mass is 514 g/mol. The molecule has 180 valence electrons. The molecule has 2 atom stereocenters. The summed E-state index contributed by atoms with van der Waals surface area (Å²) in [5.41, 5.74) is 0.329. The van der Waals surface area contributed by atoms with Gasteiger partial charge in [-0.1, -0.05) is 17.7 Å². The van der Waals surface area contributed by atoms with Crippen molar-refractivity contribution >= 4 is 40.7 Å². The van der Waals surface area contributed by atoms with E-state index in [0.29, 0.717) is 5.01 Å². The van der Waals surface area contributed by atoms with Gasteiger partial charge in [-0.25, -0.2) is 22.9 Å². The van der Waals surface area contributed by atoms with E-state index in [0.717, 1.165) is 24.1 Å². The highest BCUT2D eigenvalue weighted by Crippen LogP contribution is 2.38. The number of likely N-dealkylation sites (tertiary alicyclic amines) is 1. The Morgan fingerprint density at radius 1 is 1.41 bits per heavy atom. The number of nitrogens with zero attached hydrogens (tertiary/aromatic N) is 3. The van der Waals surface area contributed by atoms with Gasteiger partial charge in [-0.2, -0.15) is 0 Å². The normalized spacial score (nSPS) is 22.3. The van der Waals surface area contributed by atoms with Crippen LogP contribution in [0, 0.1) is 5.82 Å². The number of hydrogen-bond acceptors (Lipinski definition) is 8. The molecule has 2 unspecified atom stereocenters. The van der Waals surface area contributed by atoms with Crippen molar-refractivity contribution in [2.45, 2.75) is 24.4 Å². The Hall–Kier alpha value is -2.96. The number of aliphatic carboxylic acids is 1. The number of ether oxygens (including phenoxy) is 1. The van der Waals surface area contributed by atoms with Gasteiger partial charge in [0.1, 0.15) is 17.9 Å². The maximum absolute atomic E-state index is 14.1. The second-order valence-electron chi connectivity index (χ2n) is 7.71. The van der Waals surface area contributed by atoms with Crippen LogP contribution in [0.2, 0.25) is 5.02 Å². The number of hydrogen-bond donors (Lipinski definition) is 2. The van der Waals surface area contributed by atoms with Crippen LogP contribution in [0.25, 0.3) is 0 Å². The first-order chi connectivity index (χ1) is 16.1. The quantitative estimate of drug-likeness (QED) is 0.570. The number of esters is 1. The fourth-order valence-electron chi connectivity index (χ4n) is 3.96. The fraction of sp³-hybridized carbons (Fsp3) is 0.333. The predicted molar refractivity (Wildman–Crippen MR) is 118 cm³/mol. The van der Waals surface area contributed by atoms with Gasteiger partial charge in [-0.15, -0.1) is 11.3 Å². The summed E-state index contributed by atoms with van der Waals surface area (Å²) >= 11 is 7.50. The molecule has 0 radical (unpaired) electrons. The number of halogens is 4. The number of carbonyl (C=O) groups is 2. The molecular formula is C21H18ClF3N4O4S. The molecule has 1 aromatic carbocycles. The number of benzene rings is 1. The van der Waals surface area contributed by atoms with Gasteiger partial charge in [0.2, 0.25) is 0 Å². The summed E-state index contributed by atoms with van der Waals surface area (Å²) in [5, 5.41) is 14.5. The molecular weight excluding hydrogens is 497 g/mol. The number of thiazole rings is 1. The Kier molecular flexibility index (Phi) is 6.65. The highest BCUT2D eigenvalue weighted by Gasteiger charge is 2.49. The summed E-state index contributed by atoms with van der Waals surface area (Å²) in [6.45, 7) is -1.15. The smallest absolute Gasteiger partial charge is 0.338 e. The zero-order valence-corrected chi connectivity index (χ0v) is 19.2. The molecule has 2 aliphatic heterocycles. The van der Waals surface area contributed by atoms with E-state index in [9.17, 15) is 27.9 Å². The third-order valence-corrected chi connectivity index (χ3v) is 6.54. The van der Waals surface area contributed by atoms with Crippen molar-refractivity contribution in [3.8, 4) is 0 Å². The number of methoxy groups -OCH3 is 1. The Bertz CT molecular complexity index is 1190. The number of amidine groups is 1. The molecule has 0 spiro atoms. The van der Waals surface area contributed by atoms with E-state index in [1.165, 1.54) is 23.6 Å². The summed E-state index contributed by atoms with van der Waals surface area (Å²) in [7, 11) is 1.14. The van der Waals surface area contributed by atoms with Crippen LogP contribution in [-0.4, -0.2) is 64.9 Å². The fourth-order valence-corrected chi connectivity index (χ4v) is 4.82. The number of carboxylic acid groups (broad SMARTS) is 1. The standard InChI is InChI=1S/C21H18ClF3N4O4S/c1-33-20(32)15-13(8-29-9-21(24,25)7-14(29)19(30)31)27-17(18-26-4-5-34-18)28-16(15)11-3-2-10(23)6-12(11)22/h2-6,14,16H,7-9H2,1H3,(H,27,28)(H,30,31). The van der Waals surface area contributed by atoms with Crippen LogP contribution in [0.4, 0.5) is 13.2 Å². The van der Waals surface area contributed by atoms with Gasteiger partial charge < -0.3 is 15.2 Å². The lowest BCUT2D eigenvalue weighted by molar-refractivity contribution is -0.142. The van der Waals surface area contributed by atoms with Crippen molar-refractivity contribution in [2.24, 2.45) is 4.99 Å². The molecule has 13 heteroatoms. The van der Waals surface area contributed by atoms with Crippen molar-refractivity contribution in [2.75, 3.05) is 20.2 Å². The number of rotatable bonds is 6. The minimum atomic E-state index is -3.21. The Labute approximate surface area is 200 Å². The Morgan fingerprint density at radius 3 is 2.79 bits per heavy atom. The lowest BCUT2D eigenvalue weighted by Crippen LogP contribution is -2.43. The predicted octanol–water partition coefficient (Wildman–Crippen LogP) is 3.25. The van der Waals surface area contributed by atoms with Crippen molar-refractivity contribution in [1.82, 2.24) is 15.2 Å². The largest absolute Gasteiger partial charge is 0.480 e. The number of alkyl halides is 2. The molecule has 0 amide bonds. The molecule has 0 aliphatic carbocycles. The van der Waals surface area contributed by atoms with E-state index in [-0.39, 0.29) is 34.2 Å². The van der Waals surface area contributed by atoms with Gasteiger partial charge in [0.05, 0.1) is 19.2 Å². The van der Waals surface area contributed by atoms with Crippen LogP contribution in [0.15, 0.2) is 46.0 Å². The minimum absolute atomic E-state index is 0.00832. The second kappa shape index (κ2) is 9.35. The summed E-state index contributed by atoms with van der Waals surface area (Å²) in [5.74, 6) is -5.82. The van der Waals surface area contributed by atoms with Crippen molar-refractivity contribution in [1.29, 1.82) is 0 Å². The molecule has 2 aromatic rings. The van der Waals surface area contributed by atoms with Gasteiger partial charge in [0, 0.05) is 40.8 Å². The zero-order valence-electron chi connectivity index (χ0n) is 17.6. The van der Waals surface area contributed by atoms with Crippen LogP contribution in [0.5, 0.6) is 0 Å². The van der Waals surface area contributed by atoms with Crippen LogP contribution < -0.4 is 5.32 Å². The molecule has 3 heterocycles. The molecule has 0 saturated carbocycles. The van der Waals surface area contributed by atoms with Gasteiger partial charge >= 0.3 is 11.9 Å². The van der Waals surface area contributed by atoms with Crippen LogP contribution in [0.1, 0.15) is 23.0 Å². The van der Waals surface area contributed by atoms with E-state index >= 15 is 0 Å². The molecule has 34 heavy (non-hydrogen) atoms. The van der Waals surface area contributed by atoms with Crippen LogP contribution >= 0.6 is 22.9 Å². The highest BCUT2D eigenvalue weighted by atomic mass is 35.5. The number of carboxylic acids is 1. The van der Waals surface area contributed by atoms with Crippen molar-refractivity contribution < 1.29 is 32.6 Å². The first-order valence-electron chi connectivity index (χ1n) is 9.95. The second-order valence-corrected chi connectivity index (χ2v) is 9.01. The molecule has 2 N–H and O–H groups in total. The average Bonchev–Trinajstić information content (AvgIpc) is 3.40. The van der Waals surface area contributed by atoms with Crippen molar-refractivity contribution in [3.63, 3.8) is 0 Å². The van der Waals surface area contributed by atoms with Gasteiger partial charge in [0.25, 0.3) is 5.92 Å². The molecule has 8 nitrogen and oxygen atoms in total. The lowest BCUT2D eigenvalue weighted by Gasteiger charge is -2.30. The maximum Gasteiger partial charge on any atom is 0.338 e. The number of carbonyl (C=O) groups excluding carboxylic acids is 1. The first kappa shape index (κ1) is 24.2. The molecule has 1 aromatic heterocycles. The Morgan fingerprint density at radius 2 is 2.18 bits per heavy atom. The van der Waals surface area contributed by atoms with E-state index in [1.54, 1.807) is 5.38 Å². The summed E-state index contributed by atoms with van der Waals surface area (Å²) < 4.78 is 46.8. The maximum atomic E-state index is 14.1. The molecule has 2 aliphatic rings. The highest BCUT2D eigenvalue weighted by molar-refractivity contribution is 7.11. The minimum Gasteiger partial charge on any atom is -0.480 e. The number of aromatic nitrogens is 1. The topological polar surface area (TPSA) is 104 Å². The molecule has 1 saturated heterocycles. The Balaban J connectivity index is 1.84. The van der Waals surface area contributed by atoms with Crippen LogP contribution in [0.3, 0.4) is 0 Å². The summed E-state index contributed by atoms with van der Waals surface area (Å²) in [6.07, 6.45) is 0.675. The zero-order chi connectivity index (χ0) is 24.6. The number of nitrogens with one attached hydrogen (secondary N) is 1. The SMILES string of the molecule is COC(=O)C1=C(CN2CC(F)(F)CC2C(=O)O)NC(c2nccs2)=NC1c1ccc(F)cc1Cl. The lowest BCUT2D eigenvalue weighted by atomic mass is 9.95. The third kappa shape index (κ3) is 4.79. The molecule has 0 bridgehead atoms. The van der Waals surface area contributed by atoms with Gasteiger partial charge in [-0.3, -0.25) is 14.7 Å². The third-order valence-electron chi connectivity index (χ3n) is 5.44.